The Morgan fingerprint density at radius 1 is 1.13 bits per heavy atom. The molecule has 0 saturated carbocycles. The highest BCUT2D eigenvalue weighted by Gasteiger charge is 2.21. The maximum Gasteiger partial charge on any atom is 0.237 e. The van der Waals surface area contributed by atoms with Gasteiger partial charge in [0, 0.05) is 12.1 Å². The van der Waals surface area contributed by atoms with Gasteiger partial charge in [0.1, 0.15) is 11.5 Å². The molecule has 1 aliphatic heterocycles. The van der Waals surface area contributed by atoms with Gasteiger partial charge in [0.05, 0.1) is 6.04 Å². The van der Waals surface area contributed by atoms with E-state index in [-0.39, 0.29) is 24.4 Å². The molecule has 0 spiro atoms. The number of benzene rings is 2. The Hall–Kier alpha value is -2.04. The molecule has 0 aliphatic carbocycles. The number of nitrogens with one attached hydrogen (secondary N) is 2. The summed E-state index contributed by atoms with van der Waals surface area (Å²) in [5, 5.41) is 6.19. The molecule has 0 bridgehead atoms. The van der Waals surface area contributed by atoms with Gasteiger partial charge in [-0.05, 0) is 37.6 Å². The molecule has 2 aromatic rings. The zero-order valence-corrected chi connectivity index (χ0v) is 13.6. The van der Waals surface area contributed by atoms with Crippen molar-refractivity contribution in [2.45, 2.75) is 25.4 Å². The minimum absolute atomic E-state index is 0. The summed E-state index contributed by atoms with van der Waals surface area (Å²) >= 11 is 0. The van der Waals surface area contributed by atoms with Gasteiger partial charge in [-0.15, -0.1) is 12.4 Å². The van der Waals surface area contributed by atoms with Crippen LogP contribution in [0.1, 0.15) is 18.4 Å². The van der Waals surface area contributed by atoms with Crippen LogP contribution >= 0.6 is 12.4 Å². The van der Waals surface area contributed by atoms with Gasteiger partial charge >= 0.3 is 0 Å². The van der Waals surface area contributed by atoms with Crippen molar-refractivity contribution in [3.8, 4) is 11.5 Å². The predicted molar refractivity (Wildman–Crippen MR) is 93.1 cm³/mol. The number of ether oxygens (including phenoxy) is 1. The largest absolute Gasteiger partial charge is 0.457 e. The Kier molecular flexibility index (Phi) is 6.44. The van der Waals surface area contributed by atoms with Gasteiger partial charge in [-0.2, -0.15) is 0 Å². The van der Waals surface area contributed by atoms with Crippen LogP contribution in [-0.4, -0.2) is 18.5 Å². The first-order valence-corrected chi connectivity index (χ1v) is 7.65. The molecule has 4 nitrogen and oxygen atoms in total. The average molecular weight is 333 g/mol. The van der Waals surface area contributed by atoms with Crippen molar-refractivity contribution < 1.29 is 9.53 Å². The smallest absolute Gasteiger partial charge is 0.237 e. The molecule has 1 saturated heterocycles. The highest BCUT2D eigenvalue weighted by molar-refractivity contribution is 5.85. The van der Waals surface area contributed by atoms with E-state index in [1.165, 1.54) is 0 Å². The molecule has 1 amide bonds. The monoisotopic (exact) mass is 332 g/mol. The topological polar surface area (TPSA) is 50.4 Å². The summed E-state index contributed by atoms with van der Waals surface area (Å²) in [6, 6.07) is 17.4. The minimum Gasteiger partial charge on any atom is -0.457 e. The summed E-state index contributed by atoms with van der Waals surface area (Å²) in [4.78, 5) is 12.1. The molecule has 1 fully saturated rings. The molecule has 23 heavy (non-hydrogen) atoms. The van der Waals surface area contributed by atoms with E-state index in [1.807, 2.05) is 54.6 Å². The standard InChI is InChI=1S/C18H20N2O2.ClH/c21-18(16-10-6-12-19-16)20-13-14-7-4-5-11-17(14)22-15-8-2-1-3-9-15;/h1-5,7-9,11,16,19H,6,10,12-13H2,(H,20,21);1H. The van der Waals surface area contributed by atoms with Crippen molar-refractivity contribution in [3.63, 3.8) is 0 Å². The zero-order chi connectivity index (χ0) is 15.2. The highest BCUT2D eigenvalue weighted by Crippen LogP contribution is 2.24. The Balaban J connectivity index is 0.00000192. The molecular weight excluding hydrogens is 312 g/mol. The first-order chi connectivity index (χ1) is 10.8. The Labute approximate surface area is 142 Å². The number of carbonyl (C=O) groups excluding carboxylic acids is 1. The molecule has 122 valence electrons. The van der Waals surface area contributed by atoms with Gasteiger partial charge < -0.3 is 15.4 Å². The van der Waals surface area contributed by atoms with Crippen molar-refractivity contribution in [2.24, 2.45) is 0 Å². The number of amides is 1. The Morgan fingerprint density at radius 2 is 1.87 bits per heavy atom. The molecule has 1 heterocycles. The van der Waals surface area contributed by atoms with Gasteiger partial charge in [0.2, 0.25) is 5.91 Å². The van der Waals surface area contributed by atoms with Gasteiger partial charge in [-0.3, -0.25) is 4.79 Å². The van der Waals surface area contributed by atoms with Gasteiger partial charge in [-0.1, -0.05) is 36.4 Å². The minimum atomic E-state index is -0.0535. The van der Waals surface area contributed by atoms with Crippen LogP contribution in [-0.2, 0) is 11.3 Å². The zero-order valence-electron chi connectivity index (χ0n) is 12.8. The fourth-order valence-electron chi connectivity index (χ4n) is 2.58. The second-order valence-electron chi connectivity index (χ2n) is 5.39. The average Bonchev–Trinajstić information content (AvgIpc) is 3.09. The summed E-state index contributed by atoms with van der Waals surface area (Å²) in [7, 11) is 0. The lowest BCUT2D eigenvalue weighted by molar-refractivity contribution is -0.122. The lowest BCUT2D eigenvalue weighted by Crippen LogP contribution is -2.40. The van der Waals surface area contributed by atoms with E-state index in [0.717, 1.165) is 36.4 Å². The van der Waals surface area contributed by atoms with Crippen LogP contribution in [0.3, 0.4) is 0 Å². The third kappa shape index (κ3) is 4.71. The van der Waals surface area contributed by atoms with Crippen LogP contribution in [0.25, 0.3) is 0 Å². The summed E-state index contributed by atoms with van der Waals surface area (Å²) in [5.41, 5.74) is 0.970. The number of halogens is 1. The van der Waals surface area contributed by atoms with E-state index < -0.39 is 0 Å². The first kappa shape index (κ1) is 17.3. The second-order valence-corrected chi connectivity index (χ2v) is 5.39. The van der Waals surface area contributed by atoms with Crippen LogP contribution in [0, 0.1) is 0 Å². The summed E-state index contributed by atoms with van der Waals surface area (Å²) < 4.78 is 5.90. The summed E-state index contributed by atoms with van der Waals surface area (Å²) in [5.74, 6) is 1.62. The molecule has 0 aromatic heterocycles. The number of hydrogen-bond acceptors (Lipinski definition) is 3. The lowest BCUT2D eigenvalue weighted by atomic mass is 10.1. The van der Waals surface area contributed by atoms with Gasteiger partial charge in [-0.25, -0.2) is 0 Å². The SMILES string of the molecule is Cl.O=C(NCc1ccccc1Oc1ccccc1)C1CCCN1. The summed E-state index contributed by atoms with van der Waals surface area (Å²) in [6.07, 6.45) is 1.97. The maximum absolute atomic E-state index is 12.1. The molecule has 0 radical (unpaired) electrons. The fraction of sp³-hybridized carbons (Fsp3) is 0.278. The third-order valence-corrected chi connectivity index (χ3v) is 3.77. The number of rotatable bonds is 5. The van der Waals surface area contributed by atoms with Gasteiger partial charge in [0.15, 0.2) is 0 Å². The van der Waals surface area contributed by atoms with E-state index >= 15 is 0 Å². The van der Waals surface area contributed by atoms with Crippen molar-refractivity contribution in [3.05, 3.63) is 60.2 Å². The molecule has 5 heteroatoms. The van der Waals surface area contributed by atoms with Crippen LogP contribution in [0.4, 0.5) is 0 Å². The van der Waals surface area contributed by atoms with E-state index in [2.05, 4.69) is 10.6 Å². The highest BCUT2D eigenvalue weighted by atomic mass is 35.5. The molecular formula is C18H21ClN2O2. The second kappa shape index (κ2) is 8.56. The lowest BCUT2D eigenvalue weighted by Gasteiger charge is -2.14. The van der Waals surface area contributed by atoms with Crippen molar-refractivity contribution >= 4 is 18.3 Å². The third-order valence-electron chi connectivity index (χ3n) is 3.77. The predicted octanol–water partition coefficient (Wildman–Crippen LogP) is 3.27. The molecule has 3 rings (SSSR count). The van der Waals surface area contributed by atoms with Crippen molar-refractivity contribution in [1.82, 2.24) is 10.6 Å². The molecule has 2 aromatic carbocycles. The molecule has 2 N–H and O–H groups in total. The van der Waals surface area contributed by atoms with Crippen LogP contribution in [0.5, 0.6) is 11.5 Å². The quantitative estimate of drug-likeness (QED) is 0.883. The number of para-hydroxylation sites is 2. The molecule has 1 atom stereocenters. The van der Waals surface area contributed by atoms with Crippen molar-refractivity contribution in [1.29, 1.82) is 0 Å². The van der Waals surface area contributed by atoms with Crippen molar-refractivity contribution in [2.75, 3.05) is 6.54 Å². The number of carbonyl (C=O) groups is 1. The van der Waals surface area contributed by atoms with Crippen LogP contribution in [0.2, 0.25) is 0 Å². The number of hydrogen-bond donors (Lipinski definition) is 2. The summed E-state index contributed by atoms with van der Waals surface area (Å²) in [6.45, 7) is 1.39. The maximum atomic E-state index is 12.1. The molecule has 1 aliphatic rings. The van der Waals surface area contributed by atoms with E-state index in [4.69, 9.17) is 4.74 Å². The van der Waals surface area contributed by atoms with E-state index in [9.17, 15) is 4.79 Å². The normalized spacial score (nSPS) is 16.4. The van der Waals surface area contributed by atoms with E-state index in [1.54, 1.807) is 0 Å². The fourth-order valence-corrected chi connectivity index (χ4v) is 2.58. The Morgan fingerprint density at radius 3 is 2.61 bits per heavy atom. The Bertz CT molecular complexity index is 628. The first-order valence-electron chi connectivity index (χ1n) is 7.65. The van der Waals surface area contributed by atoms with Crippen LogP contribution in [0.15, 0.2) is 54.6 Å². The molecule has 1 unspecified atom stereocenters. The van der Waals surface area contributed by atoms with Gasteiger partial charge in [0.25, 0.3) is 0 Å². The van der Waals surface area contributed by atoms with E-state index in [0.29, 0.717) is 6.54 Å². The van der Waals surface area contributed by atoms with Crippen LogP contribution < -0.4 is 15.4 Å².